The summed E-state index contributed by atoms with van der Waals surface area (Å²) in [6.45, 7) is 2.06. The van der Waals surface area contributed by atoms with Gasteiger partial charge in [0.15, 0.2) is 0 Å². The second-order valence-corrected chi connectivity index (χ2v) is 7.69. The number of fused-ring (bicyclic) bond motifs is 1. The average Bonchev–Trinajstić information content (AvgIpc) is 3.14. The van der Waals surface area contributed by atoms with E-state index in [0.29, 0.717) is 5.71 Å². The predicted molar refractivity (Wildman–Crippen MR) is 108 cm³/mol. The molecule has 0 saturated carbocycles. The minimum Gasteiger partial charge on any atom is -0.438 e. The number of furan rings is 1. The Morgan fingerprint density at radius 2 is 1.78 bits per heavy atom. The third-order valence-electron chi connectivity index (χ3n) is 4.45. The first-order chi connectivity index (χ1) is 13.1. The first-order valence-corrected chi connectivity index (χ1v) is 10.2. The van der Waals surface area contributed by atoms with Gasteiger partial charge in [-0.05, 0) is 30.7 Å². The Bertz CT molecular complexity index is 1090. The molecule has 0 aliphatic rings. The summed E-state index contributed by atoms with van der Waals surface area (Å²) in [7, 11) is -0.976. The number of aromatic nitrogens is 2. The van der Waals surface area contributed by atoms with Gasteiger partial charge in [-0.3, -0.25) is 4.21 Å². The van der Waals surface area contributed by atoms with Crippen LogP contribution in [0.3, 0.4) is 0 Å². The zero-order valence-corrected chi connectivity index (χ0v) is 15.9. The molecule has 2 heterocycles. The van der Waals surface area contributed by atoms with E-state index in [1.807, 2.05) is 60.7 Å². The summed E-state index contributed by atoms with van der Waals surface area (Å²) in [4.78, 5) is 9.46. The predicted octanol–water partition coefficient (Wildman–Crippen LogP) is 4.80. The van der Waals surface area contributed by atoms with E-state index in [-0.39, 0.29) is 6.04 Å². The average molecular weight is 377 g/mol. The van der Waals surface area contributed by atoms with E-state index in [1.54, 1.807) is 6.26 Å². The molecule has 6 heteroatoms. The number of nitrogens with one attached hydrogen (secondary N) is 1. The maximum atomic E-state index is 11.6. The fraction of sp³-hybridized carbons (Fsp3) is 0.143. The summed E-state index contributed by atoms with van der Waals surface area (Å²) in [5, 5.41) is 4.27. The maximum Gasteiger partial charge on any atom is 0.231 e. The third kappa shape index (κ3) is 3.61. The molecule has 4 rings (SSSR count). The summed E-state index contributed by atoms with van der Waals surface area (Å²) in [5.74, 6) is 1.48. The summed E-state index contributed by atoms with van der Waals surface area (Å²) in [6, 6.07) is 19.7. The van der Waals surface area contributed by atoms with Crippen molar-refractivity contribution < 1.29 is 8.63 Å². The summed E-state index contributed by atoms with van der Waals surface area (Å²) in [5.41, 5.74) is 2.63. The monoisotopic (exact) mass is 377 g/mol. The lowest BCUT2D eigenvalue weighted by atomic mass is 10.1. The van der Waals surface area contributed by atoms with Gasteiger partial charge < -0.3 is 9.73 Å². The normalized spacial score (nSPS) is 13.4. The van der Waals surface area contributed by atoms with Gasteiger partial charge in [0.2, 0.25) is 5.71 Å². The van der Waals surface area contributed by atoms with E-state index in [9.17, 15) is 4.21 Å². The van der Waals surface area contributed by atoms with Gasteiger partial charge in [-0.25, -0.2) is 9.97 Å². The van der Waals surface area contributed by atoms with Crippen LogP contribution >= 0.6 is 0 Å². The van der Waals surface area contributed by atoms with Gasteiger partial charge in [0.1, 0.15) is 17.9 Å². The SMILES string of the molecule is CC(Nc1ncnc2oc(-c3ccccc3)cc12)c1ccc(S(C)=O)cc1. The van der Waals surface area contributed by atoms with Crippen LogP contribution in [-0.2, 0) is 10.8 Å². The molecule has 2 aromatic carbocycles. The van der Waals surface area contributed by atoms with Crippen LogP contribution in [-0.4, -0.2) is 20.4 Å². The van der Waals surface area contributed by atoms with Gasteiger partial charge in [-0.2, -0.15) is 0 Å². The van der Waals surface area contributed by atoms with Crippen molar-refractivity contribution in [1.82, 2.24) is 9.97 Å². The highest BCUT2D eigenvalue weighted by molar-refractivity contribution is 7.84. The molecule has 0 radical (unpaired) electrons. The van der Waals surface area contributed by atoms with Crippen molar-refractivity contribution in [1.29, 1.82) is 0 Å². The third-order valence-corrected chi connectivity index (χ3v) is 5.39. The Hall–Kier alpha value is -2.99. The second kappa shape index (κ2) is 7.32. The Kier molecular flexibility index (Phi) is 4.73. The quantitative estimate of drug-likeness (QED) is 0.541. The van der Waals surface area contributed by atoms with Crippen molar-refractivity contribution in [3.05, 3.63) is 72.6 Å². The maximum absolute atomic E-state index is 11.6. The number of rotatable bonds is 5. The molecule has 0 spiro atoms. The van der Waals surface area contributed by atoms with Crippen molar-refractivity contribution in [2.45, 2.75) is 17.9 Å². The van der Waals surface area contributed by atoms with Gasteiger partial charge in [0.05, 0.1) is 5.39 Å². The number of hydrogen-bond acceptors (Lipinski definition) is 5. The Morgan fingerprint density at radius 1 is 1.04 bits per heavy atom. The highest BCUT2D eigenvalue weighted by atomic mass is 32.2. The van der Waals surface area contributed by atoms with Crippen LogP contribution in [0.4, 0.5) is 5.82 Å². The minimum absolute atomic E-state index is 0.0255. The smallest absolute Gasteiger partial charge is 0.231 e. The first kappa shape index (κ1) is 17.4. The molecule has 0 aliphatic heterocycles. The van der Waals surface area contributed by atoms with Crippen molar-refractivity contribution in [3.63, 3.8) is 0 Å². The molecule has 0 amide bonds. The largest absolute Gasteiger partial charge is 0.438 e. The van der Waals surface area contributed by atoms with Crippen LogP contribution in [0.1, 0.15) is 18.5 Å². The number of benzene rings is 2. The highest BCUT2D eigenvalue weighted by Gasteiger charge is 2.14. The standard InChI is InChI=1S/C21H19N3O2S/c1-14(15-8-10-17(11-9-15)27(2)25)24-20-18-12-19(16-6-4-3-5-7-16)26-21(18)23-13-22-20/h3-14H,1-2H3,(H,22,23,24). The summed E-state index contributed by atoms with van der Waals surface area (Å²) in [6.07, 6.45) is 3.18. The molecule has 5 nitrogen and oxygen atoms in total. The van der Waals surface area contributed by atoms with E-state index in [1.165, 1.54) is 6.33 Å². The molecule has 0 fully saturated rings. The van der Waals surface area contributed by atoms with Crippen molar-refractivity contribution in [3.8, 4) is 11.3 Å². The lowest BCUT2D eigenvalue weighted by Crippen LogP contribution is -2.08. The molecule has 27 heavy (non-hydrogen) atoms. The summed E-state index contributed by atoms with van der Waals surface area (Å²) >= 11 is 0. The lowest BCUT2D eigenvalue weighted by molar-refractivity contribution is 0.617. The number of nitrogens with zero attached hydrogens (tertiary/aromatic N) is 2. The second-order valence-electron chi connectivity index (χ2n) is 6.31. The van der Waals surface area contributed by atoms with E-state index < -0.39 is 10.8 Å². The van der Waals surface area contributed by atoms with Gasteiger partial charge in [0.25, 0.3) is 0 Å². The Morgan fingerprint density at radius 3 is 2.48 bits per heavy atom. The molecular formula is C21H19N3O2S. The van der Waals surface area contributed by atoms with Crippen molar-refractivity contribution in [2.24, 2.45) is 0 Å². The van der Waals surface area contributed by atoms with Gasteiger partial charge >= 0.3 is 0 Å². The summed E-state index contributed by atoms with van der Waals surface area (Å²) < 4.78 is 17.5. The molecule has 2 aromatic heterocycles. The van der Waals surface area contributed by atoms with Gasteiger partial charge in [-0.15, -0.1) is 0 Å². The highest BCUT2D eigenvalue weighted by Crippen LogP contribution is 2.31. The molecule has 0 bridgehead atoms. The van der Waals surface area contributed by atoms with Crippen LogP contribution in [0.5, 0.6) is 0 Å². The van der Waals surface area contributed by atoms with Crippen LogP contribution in [0.2, 0.25) is 0 Å². The molecule has 2 atom stereocenters. The van der Waals surface area contributed by atoms with Crippen LogP contribution in [0.25, 0.3) is 22.4 Å². The molecule has 2 unspecified atom stereocenters. The Balaban J connectivity index is 1.63. The van der Waals surface area contributed by atoms with Crippen LogP contribution in [0, 0.1) is 0 Å². The fourth-order valence-corrected chi connectivity index (χ4v) is 3.47. The molecule has 136 valence electrons. The fourth-order valence-electron chi connectivity index (χ4n) is 2.95. The number of hydrogen-bond donors (Lipinski definition) is 1. The van der Waals surface area contributed by atoms with Gasteiger partial charge in [-0.1, -0.05) is 42.5 Å². The zero-order chi connectivity index (χ0) is 18.8. The van der Waals surface area contributed by atoms with Crippen molar-refractivity contribution >= 4 is 27.7 Å². The minimum atomic E-state index is -0.976. The first-order valence-electron chi connectivity index (χ1n) is 8.62. The Labute approximate surface area is 159 Å². The molecule has 4 aromatic rings. The topological polar surface area (TPSA) is 68.0 Å². The molecule has 1 N–H and O–H groups in total. The van der Waals surface area contributed by atoms with Gasteiger partial charge in [0, 0.05) is 33.6 Å². The molecular weight excluding hydrogens is 358 g/mol. The number of anilines is 1. The van der Waals surface area contributed by atoms with Crippen LogP contribution in [0.15, 0.2) is 76.3 Å². The van der Waals surface area contributed by atoms with Crippen molar-refractivity contribution in [2.75, 3.05) is 11.6 Å². The zero-order valence-electron chi connectivity index (χ0n) is 15.0. The van der Waals surface area contributed by atoms with E-state index in [4.69, 9.17) is 4.42 Å². The van der Waals surface area contributed by atoms with Crippen LogP contribution < -0.4 is 5.32 Å². The van der Waals surface area contributed by atoms with E-state index in [2.05, 4.69) is 22.2 Å². The molecule has 0 aliphatic carbocycles. The molecule has 0 saturated heterocycles. The lowest BCUT2D eigenvalue weighted by Gasteiger charge is -2.15. The van der Waals surface area contributed by atoms with E-state index in [0.717, 1.165) is 33.0 Å². The van der Waals surface area contributed by atoms with E-state index >= 15 is 0 Å².